The van der Waals surface area contributed by atoms with Crippen molar-refractivity contribution in [2.45, 2.75) is 13.5 Å². The fourth-order valence-electron chi connectivity index (χ4n) is 2.53. The van der Waals surface area contributed by atoms with E-state index in [0.29, 0.717) is 34.3 Å². The average Bonchev–Trinajstić information content (AvgIpc) is 3.29. The maximum Gasteiger partial charge on any atom is 0.257 e. The fraction of sp³-hybridized carbons (Fsp3) is 0.111. The molecular weight excluding hydrogens is 334 g/mol. The predicted octanol–water partition coefficient (Wildman–Crippen LogP) is 3.09. The summed E-state index contributed by atoms with van der Waals surface area (Å²) < 4.78 is 10.8. The number of nitrogens with one attached hydrogen (secondary N) is 2. The van der Waals surface area contributed by atoms with Gasteiger partial charge >= 0.3 is 0 Å². The first-order chi connectivity index (χ1) is 12.7. The Morgan fingerprint density at radius 2 is 2.04 bits per heavy atom. The van der Waals surface area contributed by atoms with E-state index >= 15 is 0 Å². The van der Waals surface area contributed by atoms with Gasteiger partial charge in [-0.15, -0.1) is 10.2 Å². The standard InChI is InChI=1S/C18H15N5O3/c1-11-21-22-16(26-11)10-25-14-7-5-13(6-8-14)20-18(24)15-4-2-3-12-9-19-23-17(12)15/h2-9H,10H2,1H3,(H,19,23)(H,20,24). The van der Waals surface area contributed by atoms with Crippen LogP contribution in [0.3, 0.4) is 0 Å². The molecule has 4 aromatic rings. The van der Waals surface area contributed by atoms with Gasteiger partial charge in [-0.25, -0.2) is 0 Å². The Labute approximate surface area is 148 Å². The third kappa shape index (κ3) is 3.25. The van der Waals surface area contributed by atoms with Gasteiger partial charge in [0, 0.05) is 18.0 Å². The van der Waals surface area contributed by atoms with E-state index in [9.17, 15) is 4.79 Å². The number of rotatable bonds is 5. The highest BCUT2D eigenvalue weighted by molar-refractivity contribution is 6.11. The number of carbonyl (C=O) groups excluding carboxylic acids is 1. The van der Waals surface area contributed by atoms with Crippen molar-refractivity contribution in [3.63, 3.8) is 0 Å². The summed E-state index contributed by atoms with van der Waals surface area (Å²) in [4.78, 5) is 12.5. The largest absolute Gasteiger partial charge is 0.484 e. The number of fused-ring (bicyclic) bond motifs is 1. The third-order valence-corrected chi connectivity index (χ3v) is 3.76. The Hall–Kier alpha value is -3.68. The number of aromatic amines is 1. The first kappa shape index (κ1) is 15.8. The number of ether oxygens (including phenoxy) is 1. The van der Waals surface area contributed by atoms with Crippen molar-refractivity contribution in [1.82, 2.24) is 20.4 Å². The van der Waals surface area contributed by atoms with Crippen LogP contribution in [-0.2, 0) is 6.61 Å². The molecule has 8 nitrogen and oxygen atoms in total. The lowest BCUT2D eigenvalue weighted by molar-refractivity contribution is 0.102. The van der Waals surface area contributed by atoms with E-state index in [2.05, 4.69) is 25.7 Å². The maximum absolute atomic E-state index is 12.5. The molecule has 0 aliphatic rings. The summed E-state index contributed by atoms with van der Waals surface area (Å²) in [5, 5.41) is 18.2. The van der Waals surface area contributed by atoms with E-state index in [1.165, 1.54) is 0 Å². The molecule has 4 rings (SSSR count). The molecule has 2 aromatic heterocycles. The lowest BCUT2D eigenvalue weighted by atomic mass is 10.1. The second kappa shape index (κ2) is 6.67. The van der Waals surface area contributed by atoms with Gasteiger partial charge < -0.3 is 14.5 Å². The van der Waals surface area contributed by atoms with Crippen LogP contribution < -0.4 is 10.1 Å². The number of benzene rings is 2. The molecule has 0 atom stereocenters. The quantitative estimate of drug-likeness (QED) is 0.573. The van der Waals surface area contributed by atoms with Crippen molar-refractivity contribution in [3.05, 3.63) is 66.0 Å². The smallest absolute Gasteiger partial charge is 0.257 e. The molecule has 0 fully saturated rings. The summed E-state index contributed by atoms with van der Waals surface area (Å²) >= 11 is 0. The second-order valence-electron chi connectivity index (χ2n) is 5.62. The van der Waals surface area contributed by atoms with Crippen LogP contribution in [0.1, 0.15) is 22.1 Å². The molecule has 2 aromatic carbocycles. The highest BCUT2D eigenvalue weighted by atomic mass is 16.5. The summed E-state index contributed by atoms with van der Waals surface area (Å²) in [5.74, 6) is 1.32. The zero-order valence-electron chi connectivity index (χ0n) is 13.9. The van der Waals surface area contributed by atoms with Crippen LogP contribution in [-0.4, -0.2) is 26.3 Å². The van der Waals surface area contributed by atoms with Crippen LogP contribution in [0.5, 0.6) is 5.75 Å². The number of carbonyl (C=O) groups is 1. The minimum atomic E-state index is -0.213. The highest BCUT2D eigenvalue weighted by Gasteiger charge is 2.11. The van der Waals surface area contributed by atoms with Gasteiger partial charge in [-0.2, -0.15) is 5.10 Å². The second-order valence-corrected chi connectivity index (χ2v) is 5.62. The van der Waals surface area contributed by atoms with Crippen LogP contribution >= 0.6 is 0 Å². The molecule has 0 saturated heterocycles. The molecule has 0 radical (unpaired) electrons. The van der Waals surface area contributed by atoms with Crippen molar-refractivity contribution >= 4 is 22.5 Å². The van der Waals surface area contributed by atoms with E-state index < -0.39 is 0 Å². The molecule has 8 heteroatoms. The number of nitrogens with zero attached hydrogens (tertiary/aromatic N) is 3. The first-order valence-electron chi connectivity index (χ1n) is 7.94. The van der Waals surface area contributed by atoms with E-state index in [-0.39, 0.29) is 12.5 Å². The number of amides is 1. The maximum atomic E-state index is 12.5. The molecule has 0 unspecified atom stereocenters. The molecule has 2 N–H and O–H groups in total. The molecule has 2 heterocycles. The van der Waals surface area contributed by atoms with Gasteiger partial charge in [0.15, 0.2) is 6.61 Å². The minimum absolute atomic E-state index is 0.189. The highest BCUT2D eigenvalue weighted by Crippen LogP contribution is 2.20. The van der Waals surface area contributed by atoms with Crippen molar-refractivity contribution in [1.29, 1.82) is 0 Å². The van der Waals surface area contributed by atoms with Crippen LogP contribution in [0.15, 0.2) is 53.1 Å². The molecule has 0 aliphatic carbocycles. The summed E-state index contributed by atoms with van der Waals surface area (Å²) in [6.45, 7) is 1.91. The SMILES string of the molecule is Cc1nnc(COc2ccc(NC(=O)c3cccc4cn[nH]c34)cc2)o1. The van der Waals surface area contributed by atoms with E-state index in [1.54, 1.807) is 43.5 Å². The van der Waals surface area contributed by atoms with Crippen molar-refractivity contribution < 1.29 is 13.9 Å². The molecule has 0 spiro atoms. The van der Waals surface area contributed by atoms with Gasteiger partial charge in [-0.05, 0) is 30.3 Å². The van der Waals surface area contributed by atoms with Gasteiger partial charge in [0.1, 0.15) is 5.75 Å². The van der Waals surface area contributed by atoms with Crippen molar-refractivity contribution in [2.75, 3.05) is 5.32 Å². The predicted molar refractivity (Wildman–Crippen MR) is 93.9 cm³/mol. The van der Waals surface area contributed by atoms with Crippen LogP contribution in [0.25, 0.3) is 10.9 Å². The van der Waals surface area contributed by atoms with Gasteiger partial charge in [0.25, 0.3) is 11.8 Å². The number of hydrogen-bond acceptors (Lipinski definition) is 6. The fourth-order valence-corrected chi connectivity index (χ4v) is 2.53. The molecule has 130 valence electrons. The van der Waals surface area contributed by atoms with E-state index in [0.717, 1.165) is 5.39 Å². The Morgan fingerprint density at radius 3 is 2.81 bits per heavy atom. The molecule has 1 amide bonds. The van der Waals surface area contributed by atoms with Crippen molar-refractivity contribution in [3.8, 4) is 5.75 Å². The number of anilines is 1. The van der Waals surface area contributed by atoms with E-state index in [4.69, 9.17) is 9.15 Å². The van der Waals surface area contributed by atoms with Gasteiger partial charge in [0.2, 0.25) is 5.89 Å². The van der Waals surface area contributed by atoms with Gasteiger partial charge in [0.05, 0.1) is 17.3 Å². The topological polar surface area (TPSA) is 106 Å². The molecule has 0 aliphatic heterocycles. The lowest BCUT2D eigenvalue weighted by Crippen LogP contribution is -2.12. The van der Waals surface area contributed by atoms with E-state index in [1.807, 2.05) is 12.1 Å². The third-order valence-electron chi connectivity index (χ3n) is 3.76. The lowest BCUT2D eigenvalue weighted by Gasteiger charge is -2.08. The number of aromatic nitrogens is 4. The van der Waals surface area contributed by atoms with Gasteiger partial charge in [-0.3, -0.25) is 9.89 Å². The number of hydrogen-bond donors (Lipinski definition) is 2. The number of aryl methyl sites for hydroxylation is 1. The van der Waals surface area contributed by atoms with Crippen LogP contribution in [0.2, 0.25) is 0 Å². The van der Waals surface area contributed by atoms with Gasteiger partial charge in [-0.1, -0.05) is 12.1 Å². The molecule has 0 bridgehead atoms. The Morgan fingerprint density at radius 1 is 1.19 bits per heavy atom. The Bertz CT molecular complexity index is 1050. The molecular formula is C18H15N5O3. The summed E-state index contributed by atoms with van der Waals surface area (Å²) in [5.41, 5.74) is 1.90. The summed E-state index contributed by atoms with van der Waals surface area (Å²) in [7, 11) is 0. The minimum Gasteiger partial charge on any atom is -0.484 e. The Balaban J connectivity index is 1.42. The molecule has 0 saturated carbocycles. The zero-order chi connectivity index (χ0) is 17.9. The average molecular weight is 349 g/mol. The first-order valence-corrected chi connectivity index (χ1v) is 7.94. The monoisotopic (exact) mass is 349 g/mol. The zero-order valence-corrected chi connectivity index (χ0v) is 13.9. The normalized spacial score (nSPS) is 10.8. The van der Waals surface area contributed by atoms with Crippen LogP contribution in [0.4, 0.5) is 5.69 Å². The number of H-pyrrole nitrogens is 1. The summed E-state index contributed by atoms with van der Waals surface area (Å²) in [6, 6.07) is 12.5. The van der Waals surface area contributed by atoms with Crippen molar-refractivity contribution in [2.24, 2.45) is 0 Å². The number of para-hydroxylation sites is 1. The molecule has 26 heavy (non-hydrogen) atoms. The van der Waals surface area contributed by atoms with Crippen LogP contribution in [0, 0.1) is 6.92 Å². The Kier molecular flexibility index (Phi) is 4.06. The summed E-state index contributed by atoms with van der Waals surface area (Å²) in [6.07, 6.45) is 1.68.